The zero-order valence-corrected chi connectivity index (χ0v) is 11.4. The van der Waals surface area contributed by atoms with Crippen LogP contribution in [0.2, 0.25) is 5.02 Å². The molecule has 0 amide bonds. The first kappa shape index (κ1) is 13.8. The molecule has 1 unspecified atom stereocenters. The Bertz CT molecular complexity index is 599. The smallest absolute Gasteiger partial charge is 0.142 e. The highest BCUT2D eigenvalue weighted by Gasteiger charge is 2.17. The fourth-order valence-corrected chi connectivity index (χ4v) is 2.21. The molecule has 0 aliphatic heterocycles. The van der Waals surface area contributed by atoms with E-state index in [0.29, 0.717) is 11.1 Å². The maximum Gasteiger partial charge on any atom is 0.142 e. The second-order valence-corrected chi connectivity index (χ2v) is 4.65. The molecule has 0 saturated heterocycles. The number of methoxy groups -OCH3 is 1. The number of aliphatic hydroxyl groups excluding tert-OH is 1. The number of hydrogen-bond acceptors (Lipinski definition) is 2. The van der Waals surface area contributed by atoms with Crippen molar-refractivity contribution in [1.82, 2.24) is 0 Å². The van der Waals surface area contributed by atoms with E-state index >= 15 is 0 Å². The van der Waals surface area contributed by atoms with Crippen LogP contribution in [0.15, 0.2) is 36.4 Å². The molecule has 0 aliphatic rings. The second-order valence-electron chi connectivity index (χ2n) is 4.27. The van der Waals surface area contributed by atoms with E-state index in [1.165, 1.54) is 12.1 Å². The number of ether oxygens (including phenoxy) is 1. The molecule has 1 N–H and O–H groups in total. The van der Waals surface area contributed by atoms with Gasteiger partial charge in [-0.05, 0) is 36.2 Å². The highest BCUT2D eigenvalue weighted by Crippen LogP contribution is 2.31. The summed E-state index contributed by atoms with van der Waals surface area (Å²) in [6, 6.07) is 9.69. The molecule has 19 heavy (non-hydrogen) atoms. The Labute approximate surface area is 116 Å². The van der Waals surface area contributed by atoms with Crippen molar-refractivity contribution in [2.24, 2.45) is 0 Å². The topological polar surface area (TPSA) is 29.5 Å². The van der Waals surface area contributed by atoms with Crippen LogP contribution in [0.5, 0.6) is 5.75 Å². The number of benzene rings is 2. The Kier molecular flexibility index (Phi) is 4.08. The fraction of sp³-hybridized carbons (Fsp3) is 0.200. The predicted molar refractivity (Wildman–Crippen MR) is 73.2 cm³/mol. The van der Waals surface area contributed by atoms with E-state index in [9.17, 15) is 9.50 Å². The van der Waals surface area contributed by atoms with Crippen molar-refractivity contribution in [3.05, 3.63) is 63.9 Å². The first-order valence-corrected chi connectivity index (χ1v) is 6.19. The van der Waals surface area contributed by atoms with Crippen LogP contribution in [0.4, 0.5) is 4.39 Å². The third-order valence-corrected chi connectivity index (χ3v) is 3.41. The summed E-state index contributed by atoms with van der Waals surface area (Å²) < 4.78 is 18.6. The third-order valence-electron chi connectivity index (χ3n) is 3.01. The van der Waals surface area contributed by atoms with Gasteiger partial charge >= 0.3 is 0 Å². The third kappa shape index (κ3) is 2.72. The van der Waals surface area contributed by atoms with Gasteiger partial charge in [0.15, 0.2) is 0 Å². The zero-order valence-electron chi connectivity index (χ0n) is 10.7. The molecule has 0 aromatic heterocycles. The summed E-state index contributed by atoms with van der Waals surface area (Å²) in [5.41, 5.74) is 1.89. The van der Waals surface area contributed by atoms with E-state index in [0.717, 1.165) is 11.3 Å². The van der Waals surface area contributed by atoms with Crippen LogP contribution >= 0.6 is 11.6 Å². The van der Waals surface area contributed by atoms with Gasteiger partial charge in [-0.1, -0.05) is 29.8 Å². The van der Waals surface area contributed by atoms with E-state index in [4.69, 9.17) is 16.3 Å². The summed E-state index contributed by atoms with van der Waals surface area (Å²) >= 11 is 5.88. The largest absolute Gasteiger partial charge is 0.496 e. The lowest BCUT2D eigenvalue weighted by molar-refractivity contribution is 0.219. The summed E-state index contributed by atoms with van der Waals surface area (Å²) in [4.78, 5) is 0. The Morgan fingerprint density at radius 3 is 2.63 bits per heavy atom. The summed E-state index contributed by atoms with van der Waals surface area (Å²) in [6.07, 6.45) is -0.965. The van der Waals surface area contributed by atoms with E-state index in [-0.39, 0.29) is 5.02 Å². The Morgan fingerprint density at radius 1 is 1.26 bits per heavy atom. The first-order valence-electron chi connectivity index (χ1n) is 5.81. The molecule has 0 spiro atoms. The van der Waals surface area contributed by atoms with Crippen LogP contribution in [-0.4, -0.2) is 12.2 Å². The van der Waals surface area contributed by atoms with Gasteiger partial charge in [0.25, 0.3) is 0 Å². The van der Waals surface area contributed by atoms with Crippen molar-refractivity contribution in [3.63, 3.8) is 0 Å². The average molecular weight is 281 g/mol. The molecule has 0 aliphatic carbocycles. The van der Waals surface area contributed by atoms with Crippen molar-refractivity contribution < 1.29 is 14.2 Å². The molecule has 2 aromatic rings. The summed E-state index contributed by atoms with van der Waals surface area (Å²) in [7, 11) is 1.59. The van der Waals surface area contributed by atoms with Crippen LogP contribution in [0.25, 0.3) is 0 Å². The van der Waals surface area contributed by atoms with Gasteiger partial charge in [0.1, 0.15) is 17.7 Å². The SMILES string of the molecule is COc1ccc(C(O)c2cccc(F)c2Cl)cc1C. The normalized spacial score (nSPS) is 12.3. The van der Waals surface area contributed by atoms with Crippen molar-refractivity contribution >= 4 is 11.6 Å². The van der Waals surface area contributed by atoms with E-state index in [2.05, 4.69) is 0 Å². The molecule has 2 nitrogen and oxygen atoms in total. The summed E-state index contributed by atoms with van der Waals surface area (Å²) in [6.45, 7) is 1.88. The lowest BCUT2D eigenvalue weighted by atomic mass is 9.99. The number of halogens is 2. The van der Waals surface area contributed by atoms with Crippen molar-refractivity contribution in [2.75, 3.05) is 7.11 Å². The van der Waals surface area contributed by atoms with E-state index in [1.54, 1.807) is 31.4 Å². The predicted octanol–water partition coefficient (Wildman–Crippen LogP) is 3.88. The van der Waals surface area contributed by atoms with Crippen molar-refractivity contribution in [3.8, 4) is 5.75 Å². The Hall–Kier alpha value is -1.58. The standard InChI is InChI=1S/C15H14ClFO2/c1-9-8-10(6-7-13(9)19-2)15(18)11-4-3-5-12(17)14(11)16/h3-8,15,18H,1-2H3. The van der Waals surface area contributed by atoms with Crippen molar-refractivity contribution in [1.29, 1.82) is 0 Å². The summed E-state index contributed by atoms with van der Waals surface area (Å²) in [5.74, 6) is 0.199. The van der Waals surface area contributed by atoms with Crippen LogP contribution in [0, 0.1) is 12.7 Å². The van der Waals surface area contributed by atoms with Crippen LogP contribution in [-0.2, 0) is 0 Å². The monoisotopic (exact) mass is 280 g/mol. The number of aryl methyl sites for hydroxylation is 1. The van der Waals surface area contributed by atoms with Gasteiger partial charge in [-0.2, -0.15) is 0 Å². The lowest BCUT2D eigenvalue weighted by Crippen LogP contribution is -2.02. The van der Waals surface area contributed by atoms with Gasteiger partial charge in [0.05, 0.1) is 12.1 Å². The molecular formula is C15H14ClFO2. The average Bonchev–Trinajstić information content (AvgIpc) is 2.41. The number of aliphatic hydroxyl groups is 1. The minimum absolute atomic E-state index is 0.0523. The van der Waals surface area contributed by atoms with Gasteiger partial charge in [0.2, 0.25) is 0 Å². The van der Waals surface area contributed by atoms with E-state index < -0.39 is 11.9 Å². The van der Waals surface area contributed by atoms with Crippen molar-refractivity contribution in [2.45, 2.75) is 13.0 Å². The highest BCUT2D eigenvalue weighted by atomic mass is 35.5. The van der Waals surface area contributed by atoms with Crippen LogP contribution < -0.4 is 4.74 Å². The molecule has 1 atom stereocenters. The minimum Gasteiger partial charge on any atom is -0.496 e. The van der Waals surface area contributed by atoms with Gasteiger partial charge in [-0.15, -0.1) is 0 Å². The Morgan fingerprint density at radius 2 is 2.00 bits per heavy atom. The molecule has 0 bridgehead atoms. The molecule has 0 fully saturated rings. The van der Waals surface area contributed by atoms with Gasteiger partial charge in [-0.3, -0.25) is 0 Å². The number of hydrogen-bond donors (Lipinski definition) is 1. The molecule has 100 valence electrons. The molecule has 2 aromatic carbocycles. The first-order chi connectivity index (χ1) is 9.04. The quantitative estimate of drug-likeness (QED) is 0.924. The molecule has 0 heterocycles. The zero-order chi connectivity index (χ0) is 14.0. The van der Waals surface area contributed by atoms with Gasteiger partial charge < -0.3 is 9.84 Å². The number of rotatable bonds is 3. The van der Waals surface area contributed by atoms with Crippen LogP contribution in [0.1, 0.15) is 22.8 Å². The maximum atomic E-state index is 13.4. The molecular weight excluding hydrogens is 267 g/mol. The second kappa shape index (κ2) is 5.59. The van der Waals surface area contributed by atoms with E-state index in [1.807, 2.05) is 6.92 Å². The molecule has 0 saturated carbocycles. The minimum atomic E-state index is -0.965. The molecule has 4 heteroatoms. The molecule has 0 radical (unpaired) electrons. The van der Waals surface area contributed by atoms with Gasteiger partial charge in [0, 0.05) is 5.56 Å². The molecule has 2 rings (SSSR count). The summed E-state index contributed by atoms with van der Waals surface area (Å²) in [5, 5.41) is 10.2. The Balaban J connectivity index is 2.41. The maximum absolute atomic E-state index is 13.4. The van der Waals surface area contributed by atoms with Gasteiger partial charge in [-0.25, -0.2) is 4.39 Å². The van der Waals surface area contributed by atoms with Crippen LogP contribution in [0.3, 0.4) is 0 Å². The fourth-order valence-electron chi connectivity index (χ4n) is 1.98. The lowest BCUT2D eigenvalue weighted by Gasteiger charge is -2.15. The highest BCUT2D eigenvalue weighted by molar-refractivity contribution is 6.31.